The molecule has 0 aliphatic heterocycles. The Kier molecular flexibility index (Phi) is 7.70. The van der Waals surface area contributed by atoms with Crippen LogP contribution in [0.4, 0.5) is 0 Å². The monoisotopic (exact) mass is 250 g/mol. The highest BCUT2D eigenvalue weighted by Gasteiger charge is 2.38. The average molecular weight is 250 g/mol. The predicted molar refractivity (Wildman–Crippen MR) is 82.7 cm³/mol. The zero-order valence-electron chi connectivity index (χ0n) is 13.1. The van der Waals surface area contributed by atoms with Crippen molar-refractivity contribution in [2.24, 2.45) is 23.7 Å². The van der Waals surface area contributed by atoms with Crippen molar-refractivity contribution >= 4 is 0 Å². The number of rotatable bonds is 10. The van der Waals surface area contributed by atoms with Crippen molar-refractivity contribution in [3.05, 3.63) is 12.2 Å². The van der Waals surface area contributed by atoms with Crippen molar-refractivity contribution in [3.8, 4) is 0 Å². The Morgan fingerprint density at radius 1 is 1.06 bits per heavy atom. The minimum Gasteiger partial charge on any atom is -0.0882 e. The molecule has 0 spiro atoms. The molecule has 18 heavy (non-hydrogen) atoms. The van der Waals surface area contributed by atoms with E-state index in [9.17, 15) is 0 Å². The largest absolute Gasteiger partial charge is 0.0882 e. The summed E-state index contributed by atoms with van der Waals surface area (Å²) in [6.07, 6.45) is 16.0. The maximum Gasteiger partial charge on any atom is -0.0199 e. The molecule has 0 amide bonds. The third-order valence-electron chi connectivity index (χ3n) is 4.63. The molecule has 1 aliphatic rings. The normalized spacial score (nSPS) is 26.4. The van der Waals surface area contributed by atoms with E-state index in [1.165, 1.54) is 51.4 Å². The zero-order valence-corrected chi connectivity index (χ0v) is 13.1. The van der Waals surface area contributed by atoms with Crippen molar-refractivity contribution in [1.82, 2.24) is 0 Å². The van der Waals surface area contributed by atoms with Crippen LogP contribution in [0, 0.1) is 23.7 Å². The Morgan fingerprint density at radius 3 is 2.50 bits per heavy atom. The zero-order chi connectivity index (χ0) is 13.4. The van der Waals surface area contributed by atoms with Crippen molar-refractivity contribution in [3.63, 3.8) is 0 Å². The Balaban J connectivity index is 2.10. The minimum atomic E-state index is 0.929. The molecular weight excluding hydrogens is 216 g/mol. The Morgan fingerprint density at radius 2 is 1.83 bits per heavy atom. The highest BCUT2D eigenvalue weighted by atomic mass is 14.4. The predicted octanol–water partition coefficient (Wildman–Crippen LogP) is 6.22. The maximum absolute atomic E-state index is 2.51. The molecule has 0 heterocycles. The van der Waals surface area contributed by atoms with Crippen LogP contribution in [0.3, 0.4) is 0 Å². The van der Waals surface area contributed by atoms with Gasteiger partial charge in [0, 0.05) is 0 Å². The molecule has 1 saturated carbocycles. The van der Waals surface area contributed by atoms with Crippen LogP contribution >= 0.6 is 0 Å². The third kappa shape index (κ3) is 6.07. The van der Waals surface area contributed by atoms with Crippen LogP contribution in [0.15, 0.2) is 12.2 Å². The van der Waals surface area contributed by atoms with Gasteiger partial charge in [-0.15, -0.1) is 0 Å². The van der Waals surface area contributed by atoms with Gasteiger partial charge in [0.05, 0.1) is 0 Å². The van der Waals surface area contributed by atoms with Crippen LogP contribution in [0.5, 0.6) is 0 Å². The molecule has 4 unspecified atom stereocenters. The molecule has 0 aromatic carbocycles. The van der Waals surface area contributed by atoms with Crippen molar-refractivity contribution in [1.29, 1.82) is 0 Å². The molecule has 0 nitrogen and oxygen atoms in total. The van der Waals surface area contributed by atoms with Gasteiger partial charge in [0.1, 0.15) is 0 Å². The van der Waals surface area contributed by atoms with E-state index in [0.29, 0.717) is 0 Å². The van der Waals surface area contributed by atoms with Gasteiger partial charge in [-0.25, -0.2) is 0 Å². The highest BCUT2D eigenvalue weighted by Crippen LogP contribution is 2.47. The van der Waals surface area contributed by atoms with Crippen molar-refractivity contribution in [2.45, 2.75) is 79.1 Å². The topological polar surface area (TPSA) is 0 Å². The van der Waals surface area contributed by atoms with Gasteiger partial charge in [-0.05, 0) is 36.5 Å². The van der Waals surface area contributed by atoms with Crippen LogP contribution in [-0.2, 0) is 0 Å². The molecular formula is C18H34. The van der Waals surface area contributed by atoms with Crippen LogP contribution in [0.2, 0.25) is 0 Å². The number of hydrogen-bond acceptors (Lipinski definition) is 0. The lowest BCUT2D eigenvalue weighted by atomic mass is 9.92. The summed E-state index contributed by atoms with van der Waals surface area (Å²) in [6.45, 7) is 9.47. The quantitative estimate of drug-likeness (QED) is 0.319. The van der Waals surface area contributed by atoms with Crippen LogP contribution in [0.25, 0.3) is 0 Å². The van der Waals surface area contributed by atoms with Crippen molar-refractivity contribution < 1.29 is 0 Å². The Bertz CT molecular complexity index is 228. The van der Waals surface area contributed by atoms with E-state index in [4.69, 9.17) is 0 Å². The first-order chi connectivity index (χ1) is 8.69. The highest BCUT2D eigenvalue weighted by molar-refractivity contribution is 5.03. The lowest BCUT2D eigenvalue weighted by Gasteiger charge is -2.14. The SMILES string of the molecule is CCCCC=CC1CC1C(C)CCC(C)CCC. The summed E-state index contributed by atoms with van der Waals surface area (Å²) in [5, 5.41) is 0. The van der Waals surface area contributed by atoms with Gasteiger partial charge in [0.15, 0.2) is 0 Å². The summed E-state index contributed by atoms with van der Waals surface area (Å²) in [4.78, 5) is 0. The fourth-order valence-corrected chi connectivity index (χ4v) is 3.10. The molecule has 4 atom stereocenters. The second-order valence-electron chi connectivity index (χ2n) is 6.58. The number of unbranched alkanes of at least 4 members (excludes halogenated alkanes) is 2. The van der Waals surface area contributed by atoms with Gasteiger partial charge < -0.3 is 0 Å². The van der Waals surface area contributed by atoms with E-state index in [1.807, 2.05) is 0 Å². The molecule has 0 heteroatoms. The summed E-state index contributed by atoms with van der Waals surface area (Å²) in [6, 6.07) is 0. The molecule has 1 aliphatic carbocycles. The minimum absolute atomic E-state index is 0.929. The first-order valence-electron chi connectivity index (χ1n) is 8.35. The molecule has 0 N–H and O–H groups in total. The molecule has 0 bridgehead atoms. The molecule has 0 aromatic rings. The molecule has 1 fully saturated rings. The van der Waals surface area contributed by atoms with E-state index in [0.717, 1.165) is 23.7 Å². The lowest BCUT2D eigenvalue weighted by molar-refractivity contribution is 0.378. The molecule has 106 valence electrons. The van der Waals surface area contributed by atoms with Crippen molar-refractivity contribution in [2.75, 3.05) is 0 Å². The third-order valence-corrected chi connectivity index (χ3v) is 4.63. The van der Waals surface area contributed by atoms with E-state index in [2.05, 4.69) is 39.8 Å². The maximum atomic E-state index is 2.51. The van der Waals surface area contributed by atoms with Crippen LogP contribution in [0.1, 0.15) is 79.1 Å². The van der Waals surface area contributed by atoms with Gasteiger partial charge in [-0.3, -0.25) is 0 Å². The fourth-order valence-electron chi connectivity index (χ4n) is 3.10. The average Bonchev–Trinajstić information content (AvgIpc) is 3.12. The lowest BCUT2D eigenvalue weighted by Crippen LogP contribution is -2.03. The van der Waals surface area contributed by atoms with Gasteiger partial charge in [0.25, 0.3) is 0 Å². The van der Waals surface area contributed by atoms with Crippen LogP contribution in [-0.4, -0.2) is 0 Å². The van der Waals surface area contributed by atoms with E-state index in [1.54, 1.807) is 0 Å². The summed E-state index contributed by atoms with van der Waals surface area (Å²) in [5.41, 5.74) is 0. The van der Waals surface area contributed by atoms with Gasteiger partial charge in [-0.2, -0.15) is 0 Å². The van der Waals surface area contributed by atoms with E-state index >= 15 is 0 Å². The van der Waals surface area contributed by atoms with Crippen LogP contribution < -0.4 is 0 Å². The second kappa shape index (κ2) is 8.77. The standard InChI is InChI=1S/C18H34/c1-5-7-8-9-11-17-14-18(17)16(4)13-12-15(3)10-6-2/h9,11,15-18H,5-8,10,12-14H2,1-4H3. The Labute approximate surface area is 115 Å². The van der Waals surface area contributed by atoms with E-state index in [-0.39, 0.29) is 0 Å². The Hall–Kier alpha value is -0.260. The second-order valence-corrected chi connectivity index (χ2v) is 6.58. The smallest absolute Gasteiger partial charge is 0.0199 e. The number of hydrogen-bond donors (Lipinski definition) is 0. The van der Waals surface area contributed by atoms with Gasteiger partial charge in [0.2, 0.25) is 0 Å². The van der Waals surface area contributed by atoms with Gasteiger partial charge >= 0.3 is 0 Å². The first kappa shape index (κ1) is 15.8. The van der Waals surface area contributed by atoms with Gasteiger partial charge in [-0.1, -0.05) is 78.4 Å². The summed E-state index contributed by atoms with van der Waals surface area (Å²) < 4.78 is 0. The molecule has 0 aromatic heterocycles. The van der Waals surface area contributed by atoms with E-state index < -0.39 is 0 Å². The fraction of sp³-hybridized carbons (Fsp3) is 0.889. The molecule has 0 radical (unpaired) electrons. The summed E-state index contributed by atoms with van der Waals surface area (Å²) in [7, 11) is 0. The summed E-state index contributed by atoms with van der Waals surface area (Å²) >= 11 is 0. The summed E-state index contributed by atoms with van der Waals surface area (Å²) in [5.74, 6) is 3.83. The molecule has 1 rings (SSSR count). The first-order valence-corrected chi connectivity index (χ1v) is 8.35. The molecule has 0 saturated heterocycles. The number of allylic oxidation sites excluding steroid dienone is 2.